The van der Waals surface area contributed by atoms with Crippen molar-refractivity contribution in [3.05, 3.63) is 78.5 Å². The van der Waals surface area contributed by atoms with Gasteiger partial charge in [-0.15, -0.1) is 0 Å². The lowest BCUT2D eigenvalue weighted by atomic mass is 10.1. The highest BCUT2D eigenvalue weighted by Gasteiger charge is 2.22. The number of para-hydroxylation sites is 1. The monoisotopic (exact) mass is 372 g/mol. The van der Waals surface area contributed by atoms with Gasteiger partial charge in [-0.2, -0.15) is 0 Å². The molecule has 0 spiro atoms. The highest BCUT2D eigenvalue weighted by atomic mass is 16.5. The van der Waals surface area contributed by atoms with Gasteiger partial charge in [0, 0.05) is 35.2 Å². The van der Waals surface area contributed by atoms with Crippen molar-refractivity contribution < 1.29 is 14.3 Å². The lowest BCUT2D eigenvalue weighted by Gasteiger charge is -2.14. The second-order valence-corrected chi connectivity index (χ2v) is 6.73. The zero-order chi connectivity index (χ0) is 19.7. The highest BCUT2D eigenvalue weighted by molar-refractivity contribution is 6.07. The molecule has 1 atom stereocenters. The van der Waals surface area contributed by atoms with Crippen molar-refractivity contribution in [1.82, 2.24) is 4.57 Å². The van der Waals surface area contributed by atoms with E-state index in [9.17, 15) is 9.59 Å². The number of aromatic nitrogens is 1. The Hall–Kier alpha value is -3.60. The molecule has 0 bridgehead atoms. The number of carbonyl (C=O) groups is 2. The van der Waals surface area contributed by atoms with Gasteiger partial charge in [-0.1, -0.05) is 54.6 Å². The summed E-state index contributed by atoms with van der Waals surface area (Å²) in [6, 6.07) is 21.1. The van der Waals surface area contributed by atoms with Crippen LogP contribution in [0.5, 0.6) is 0 Å². The van der Waals surface area contributed by atoms with Crippen LogP contribution < -0.4 is 5.32 Å². The van der Waals surface area contributed by atoms with Gasteiger partial charge in [0.15, 0.2) is 6.10 Å². The first-order chi connectivity index (χ1) is 13.5. The minimum absolute atomic E-state index is 0.370. The third kappa shape index (κ3) is 3.22. The summed E-state index contributed by atoms with van der Waals surface area (Å²) in [6.45, 7) is 1.57. The van der Waals surface area contributed by atoms with Crippen LogP contribution in [-0.4, -0.2) is 22.5 Å². The van der Waals surface area contributed by atoms with Gasteiger partial charge in [-0.05, 0) is 24.4 Å². The summed E-state index contributed by atoms with van der Waals surface area (Å²) in [4.78, 5) is 25.2. The maximum Gasteiger partial charge on any atom is 0.341 e. The van der Waals surface area contributed by atoms with E-state index in [1.165, 1.54) is 0 Å². The smallest absolute Gasteiger partial charge is 0.341 e. The molecule has 1 N–H and O–H groups in total. The summed E-state index contributed by atoms with van der Waals surface area (Å²) in [6.07, 6.45) is 0.799. The zero-order valence-electron chi connectivity index (χ0n) is 15.7. The Morgan fingerprint density at radius 1 is 0.929 bits per heavy atom. The summed E-state index contributed by atoms with van der Waals surface area (Å²) in [5.41, 5.74) is 2.07. The molecule has 0 fully saturated rings. The van der Waals surface area contributed by atoms with E-state index in [4.69, 9.17) is 4.74 Å². The van der Waals surface area contributed by atoms with Crippen molar-refractivity contribution in [2.24, 2.45) is 7.05 Å². The van der Waals surface area contributed by atoms with Gasteiger partial charge in [0.1, 0.15) is 0 Å². The summed E-state index contributed by atoms with van der Waals surface area (Å²) in [5, 5.41) is 5.63. The number of ether oxygens (including phenoxy) is 1. The Morgan fingerprint density at radius 3 is 2.43 bits per heavy atom. The Morgan fingerprint density at radius 2 is 1.61 bits per heavy atom. The molecule has 4 aromatic rings. The first-order valence-corrected chi connectivity index (χ1v) is 9.08. The molecule has 1 aromatic heterocycles. The molecule has 0 unspecified atom stereocenters. The standard InChI is InChI=1S/C23H20N2O3/c1-15(22(26)24-20-12-7-9-16-8-3-4-10-17(16)20)28-23(27)19-14-25(2)21-13-6-5-11-18(19)21/h3-15H,1-2H3,(H,24,26)/t15-/m1/s1. The van der Waals surface area contributed by atoms with E-state index < -0.39 is 12.1 Å². The Kier molecular flexibility index (Phi) is 4.57. The first-order valence-electron chi connectivity index (χ1n) is 9.08. The number of hydrogen-bond acceptors (Lipinski definition) is 3. The van der Waals surface area contributed by atoms with Gasteiger partial charge < -0.3 is 14.6 Å². The Bertz CT molecular complexity index is 1190. The number of fused-ring (bicyclic) bond motifs is 2. The van der Waals surface area contributed by atoms with Gasteiger partial charge in [-0.3, -0.25) is 4.79 Å². The van der Waals surface area contributed by atoms with Crippen LogP contribution in [0.3, 0.4) is 0 Å². The Labute approximate surface area is 162 Å². The molecular weight excluding hydrogens is 352 g/mol. The summed E-state index contributed by atoms with van der Waals surface area (Å²) >= 11 is 0. The van der Waals surface area contributed by atoms with Gasteiger partial charge >= 0.3 is 5.97 Å². The number of carbonyl (C=O) groups excluding carboxylic acids is 2. The topological polar surface area (TPSA) is 60.3 Å². The van der Waals surface area contributed by atoms with E-state index in [2.05, 4.69) is 5.32 Å². The SMILES string of the molecule is C[C@@H](OC(=O)c1cn(C)c2ccccc12)C(=O)Nc1cccc2ccccc12. The van der Waals surface area contributed by atoms with Crippen LogP contribution in [0.1, 0.15) is 17.3 Å². The van der Waals surface area contributed by atoms with Crippen molar-refractivity contribution >= 4 is 39.2 Å². The molecule has 5 nitrogen and oxygen atoms in total. The minimum atomic E-state index is -0.926. The molecule has 0 aliphatic heterocycles. The molecule has 0 aliphatic rings. The fraction of sp³-hybridized carbons (Fsp3) is 0.130. The van der Waals surface area contributed by atoms with Crippen LogP contribution in [0.2, 0.25) is 0 Å². The van der Waals surface area contributed by atoms with Crippen LogP contribution in [-0.2, 0) is 16.6 Å². The minimum Gasteiger partial charge on any atom is -0.449 e. The van der Waals surface area contributed by atoms with Gasteiger partial charge in [0.25, 0.3) is 5.91 Å². The normalized spacial score (nSPS) is 12.1. The van der Waals surface area contributed by atoms with Crippen LogP contribution >= 0.6 is 0 Å². The lowest BCUT2D eigenvalue weighted by Crippen LogP contribution is -2.30. The van der Waals surface area contributed by atoms with E-state index >= 15 is 0 Å². The van der Waals surface area contributed by atoms with E-state index in [0.717, 1.165) is 21.7 Å². The van der Waals surface area contributed by atoms with Crippen LogP contribution in [0.15, 0.2) is 72.9 Å². The van der Waals surface area contributed by atoms with Crippen molar-refractivity contribution in [3.63, 3.8) is 0 Å². The van der Waals surface area contributed by atoms with Gasteiger partial charge in [0.2, 0.25) is 0 Å². The summed E-state index contributed by atoms with van der Waals surface area (Å²) in [7, 11) is 1.87. The highest BCUT2D eigenvalue weighted by Crippen LogP contribution is 2.24. The number of hydrogen-bond donors (Lipinski definition) is 1. The average Bonchev–Trinajstić information content (AvgIpc) is 3.05. The second-order valence-electron chi connectivity index (χ2n) is 6.73. The molecule has 0 radical (unpaired) electrons. The van der Waals surface area contributed by atoms with E-state index in [-0.39, 0.29) is 5.91 Å². The largest absolute Gasteiger partial charge is 0.449 e. The Balaban J connectivity index is 1.52. The molecule has 5 heteroatoms. The second kappa shape index (κ2) is 7.19. The third-order valence-corrected chi connectivity index (χ3v) is 4.82. The fourth-order valence-electron chi connectivity index (χ4n) is 3.35. The summed E-state index contributed by atoms with van der Waals surface area (Å²) < 4.78 is 7.31. The van der Waals surface area contributed by atoms with E-state index in [1.54, 1.807) is 13.1 Å². The number of rotatable bonds is 4. The predicted molar refractivity (Wildman–Crippen MR) is 110 cm³/mol. The number of nitrogens with zero attached hydrogens (tertiary/aromatic N) is 1. The molecule has 28 heavy (non-hydrogen) atoms. The lowest BCUT2D eigenvalue weighted by molar-refractivity contribution is -0.123. The number of amides is 1. The maximum atomic E-state index is 12.6. The molecule has 140 valence electrons. The van der Waals surface area contributed by atoms with Crippen molar-refractivity contribution in [1.29, 1.82) is 0 Å². The number of anilines is 1. The molecule has 1 heterocycles. The van der Waals surface area contributed by atoms with Gasteiger partial charge in [-0.25, -0.2) is 4.79 Å². The fourth-order valence-corrected chi connectivity index (χ4v) is 3.35. The maximum absolute atomic E-state index is 12.6. The van der Waals surface area contributed by atoms with Crippen LogP contribution in [0.25, 0.3) is 21.7 Å². The van der Waals surface area contributed by atoms with Crippen LogP contribution in [0.4, 0.5) is 5.69 Å². The van der Waals surface area contributed by atoms with Crippen molar-refractivity contribution in [2.75, 3.05) is 5.32 Å². The van der Waals surface area contributed by atoms with E-state index in [1.807, 2.05) is 78.3 Å². The number of benzene rings is 3. The molecule has 0 saturated heterocycles. The zero-order valence-corrected chi connectivity index (χ0v) is 15.7. The number of aryl methyl sites for hydroxylation is 1. The number of nitrogens with one attached hydrogen (secondary N) is 1. The quantitative estimate of drug-likeness (QED) is 0.536. The van der Waals surface area contributed by atoms with Crippen LogP contribution in [0, 0.1) is 0 Å². The third-order valence-electron chi connectivity index (χ3n) is 4.82. The van der Waals surface area contributed by atoms with Crippen molar-refractivity contribution in [2.45, 2.75) is 13.0 Å². The molecule has 3 aromatic carbocycles. The van der Waals surface area contributed by atoms with E-state index in [0.29, 0.717) is 11.3 Å². The molecule has 1 amide bonds. The number of esters is 1. The molecular formula is C23H20N2O3. The summed E-state index contributed by atoms with van der Waals surface area (Å²) in [5.74, 6) is -0.887. The predicted octanol–water partition coefficient (Wildman–Crippen LogP) is 4.52. The molecule has 4 rings (SSSR count). The average molecular weight is 372 g/mol. The molecule has 0 aliphatic carbocycles. The van der Waals surface area contributed by atoms with Crippen molar-refractivity contribution in [3.8, 4) is 0 Å². The first kappa shape index (κ1) is 17.8. The molecule has 0 saturated carbocycles. The van der Waals surface area contributed by atoms with Gasteiger partial charge in [0.05, 0.1) is 5.56 Å².